The van der Waals surface area contributed by atoms with E-state index in [0.717, 1.165) is 0 Å². The fraction of sp³-hybridized carbons (Fsp3) is 0.818. The largest absolute Gasteiger partial charge is 0.481 e. The molecule has 1 saturated heterocycles. The second-order valence-corrected chi connectivity index (χ2v) is 4.86. The summed E-state index contributed by atoms with van der Waals surface area (Å²) in [5.41, 5.74) is 3.91. The average Bonchev–Trinajstić information content (AvgIpc) is 2.73. The van der Waals surface area contributed by atoms with E-state index in [1.54, 1.807) is 13.8 Å². The van der Waals surface area contributed by atoms with Crippen LogP contribution in [-0.4, -0.2) is 42.3 Å². The molecule has 2 atom stereocenters. The van der Waals surface area contributed by atoms with Crippen LogP contribution in [0.2, 0.25) is 0 Å². The molecule has 0 saturated carbocycles. The fourth-order valence-electron chi connectivity index (χ4n) is 1.56. The number of carbonyl (C=O) groups is 2. The number of carboxylic acid groups (broad SMARTS) is 1. The van der Waals surface area contributed by atoms with E-state index in [-0.39, 0.29) is 19.1 Å². The first kappa shape index (κ1) is 13.9. The summed E-state index contributed by atoms with van der Waals surface area (Å²) in [6.45, 7) is 4.11. The van der Waals surface area contributed by atoms with Gasteiger partial charge < -0.3 is 20.9 Å². The molecule has 6 nitrogen and oxygen atoms in total. The molecule has 0 aromatic heterocycles. The number of amides is 1. The van der Waals surface area contributed by atoms with Gasteiger partial charge in [-0.2, -0.15) is 0 Å². The predicted octanol–water partition coefficient (Wildman–Crippen LogP) is -0.279. The second-order valence-electron chi connectivity index (χ2n) is 4.86. The molecule has 4 N–H and O–H groups in total. The van der Waals surface area contributed by atoms with Gasteiger partial charge in [-0.15, -0.1) is 0 Å². The molecule has 1 fully saturated rings. The van der Waals surface area contributed by atoms with Crippen molar-refractivity contribution in [2.45, 2.75) is 32.2 Å². The summed E-state index contributed by atoms with van der Waals surface area (Å²) in [6, 6.07) is 0. The van der Waals surface area contributed by atoms with Crippen LogP contribution in [0.1, 0.15) is 26.7 Å². The Morgan fingerprint density at radius 1 is 1.59 bits per heavy atom. The summed E-state index contributed by atoms with van der Waals surface area (Å²) in [5.74, 6) is -1.26. The zero-order chi connectivity index (χ0) is 13.1. The van der Waals surface area contributed by atoms with Gasteiger partial charge in [0.25, 0.3) is 0 Å². The van der Waals surface area contributed by atoms with E-state index >= 15 is 0 Å². The maximum atomic E-state index is 11.8. The highest BCUT2D eigenvalue weighted by Gasteiger charge is 2.40. The molecule has 0 aliphatic carbocycles. The van der Waals surface area contributed by atoms with Crippen LogP contribution in [0.3, 0.4) is 0 Å². The summed E-state index contributed by atoms with van der Waals surface area (Å²) in [4.78, 5) is 22.9. The first-order chi connectivity index (χ1) is 7.84. The molecule has 0 spiro atoms. The molecule has 2 unspecified atom stereocenters. The Bertz CT molecular complexity index is 313. The van der Waals surface area contributed by atoms with Gasteiger partial charge in [0, 0.05) is 13.2 Å². The van der Waals surface area contributed by atoms with Gasteiger partial charge in [0.2, 0.25) is 5.91 Å². The zero-order valence-electron chi connectivity index (χ0n) is 10.3. The number of ether oxygens (including phenoxy) is 1. The third-order valence-electron chi connectivity index (χ3n) is 3.44. The number of nitrogens with one attached hydrogen (secondary N) is 1. The van der Waals surface area contributed by atoms with Gasteiger partial charge in [-0.25, -0.2) is 0 Å². The molecule has 1 amide bonds. The Morgan fingerprint density at radius 3 is 2.65 bits per heavy atom. The van der Waals surface area contributed by atoms with Crippen molar-refractivity contribution in [1.82, 2.24) is 5.32 Å². The van der Waals surface area contributed by atoms with Gasteiger partial charge in [-0.3, -0.25) is 9.59 Å². The van der Waals surface area contributed by atoms with Gasteiger partial charge >= 0.3 is 5.97 Å². The summed E-state index contributed by atoms with van der Waals surface area (Å²) < 4.78 is 5.08. The van der Waals surface area contributed by atoms with Crippen molar-refractivity contribution in [2.24, 2.45) is 11.1 Å². The highest BCUT2D eigenvalue weighted by molar-refractivity contribution is 5.87. The van der Waals surface area contributed by atoms with Crippen molar-refractivity contribution >= 4 is 11.9 Å². The van der Waals surface area contributed by atoms with Crippen molar-refractivity contribution in [3.05, 3.63) is 0 Å². The summed E-state index contributed by atoms with van der Waals surface area (Å²) in [6.07, 6.45) is 0.908. The Labute approximate surface area is 101 Å². The standard InChI is InChI=1S/C11H20N2O4/c1-3-10(2,9(15)16)6-13-8(14)11(12)4-5-17-7-11/h3-7,12H2,1-2H3,(H,13,14)(H,15,16). The van der Waals surface area contributed by atoms with Gasteiger partial charge in [-0.05, 0) is 19.8 Å². The third-order valence-corrected chi connectivity index (χ3v) is 3.44. The number of carbonyl (C=O) groups excluding carboxylic acids is 1. The highest BCUT2D eigenvalue weighted by Crippen LogP contribution is 2.21. The van der Waals surface area contributed by atoms with Crippen molar-refractivity contribution in [1.29, 1.82) is 0 Å². The number of nitrogens with two attached hydrogens (primary N) is 1. The van der Waals surface area contributed by atoms with Crippen LogP contribution < -0.4 is 11.1 Å². The van der Waals surface area contributed by atoms with Gasteiger partial charge in [-0.1, -0.05) is 6.92 Å². The second kappa shape index (κ2) is 5.01. The summed E-state index contributed by atoms with van der Waals surface area (Å²) in [7, 11) is 0. The molecule has 1 heterocycles. The average molecular weight is 244 g/mol. The number of hydrogen-bond acceptors (Lipinski definition) is 4. The van der Waals surface area contributed by atoms with Crippen LogP contribution in [0.5, 0.6) is 0 Å². The predicted molar refractivity (Wildman–Crippen MR) is 61.4 cm³/mol. The lowest BCUT2D eigenvalue weighted by molar-refractivity contribution is -0.148. The first-order valence-corrected chi connectivity index (χ1v) is 5.72. The SMILES string of the molecule is CCC(C)(CNC(=O)C1(N)CCOC1)C(=O)O. The van der Waals surface area contributed by atoms with Crippen molar-refractivity contribution < 1.29 is 19.4 Å². The van der Waals surface area contributed by atoms with E-state index in [1.807, 2.05) is 0 Å². The van der Waals surface area contributed by atoms with E-state index in [2.05, 4.69) is 5.32 Å². The monoisotopic (exact) mass is 244 g/mol. The molecule has 17 heavy (non-hydrogen) atoms. The lowest BCUT2D eigenvalue weighted by Gasteiger charge is -2.26. The van der Waals surface area contributed by atoms with Crippen molar-refractivity contribution in [2.75, 3.05) is 19.8 Å². The van der Waals surface area contributed by atoms with Crippen LogP contribution in [0.4, 0.5) is 0 Å². The smallest absolute Gasteiger partial charge is 0.311 e. The van der Waals surface area contributed by atoms with E-state index < -0.39 is 16.9 Å². The Kier molecular flexibility index (Phi) is 4.11. The molecule has 0 bridgehead atoms. The van der Waals surface area contributed by atoms with Gasteiger partial charge in [0.1, 0.15) is 5.54 Å². The van der Waals surface area contributed by atoms with Gasteiger partial charge in [0.05, 0.1) is 12.0 Å². The molecule has 98 valence electrons. The van der Waals surface area contributed by atoms with Crippen molar-refractivity contribution in [3.8, 4) is 0 Å². The lowest BCUT2D eigenvalue weighted by Crippen LogP contribution is -2.56. The minimum Gasteiger partial charge on any atom is -0.481 e. The normalized spacial score (nSPS) is 27.5. The topological polar surface area (TPSA) is 102 Å². The third kappa shape index (κ3) is 2.95. The fourth-order valence-corrected chi connectivity index (χ4v) is 1.56. The van der Waals surface area contributed by atoms with E-state index in [4.69, 9.17) is 15.6 Å². The minimum atomic E-state index is -1.01. The molecule has 0 aromatic rings. The van der Waals surface area contributed by atoms with E-state index in [9.17, 15) is 9.59 Å². The highest BCUT2D eigenvalue weighted by atomic mass is 16.5. The summed E-state index contributed by atoms with van der Waals surface area (Å²) >= 11 is 0. The molecule has 1 rings (SSSR count). The van der Waals surface area contributed by atoms with E-state index in [1.165, 1.54) is 0 Å². The van der Waals surface area contributed by atoms with Crippen molar-refractivity contribution in [3.63, 3.8) is 0 Å². The maximum Gasteiger partial charge on any atom is 0.311 e. The van der Waals surface area contributed by atoms with Gasteiger partial charge in [0.15, 0.2) is 0 Å². The van der Waals surface area contributed by atoms with Crippen LogP contribution >= 0.6 is 0 Å². The number of hydrogen-bond donors (Lipinski definition) is 3. The van der Waals surface area contributed by atoms with Crippen LogP contribution in [0.15, 0.2) is 0 Å². The molecule has 0 radical (unpaired) electrons. The number of rotatable bonds is 5. The molecule has 1 aliphatic rings. The van der Waals surface area contributed by atoms with Crippen LogP contribution in [0, 0.1) is 5.41 Å². The number of aliphatic carboxylic acids is 1. The van der Waals surface area contributed by atoms with E-state index in [0.29, 0.717) is 19.4 Å². The Hall–Kier alpha value is -1.14. The van der Waals surface area contributed by atoms with Crippen LogP contribution in [0.25, 0.3) is 0 Å². The Balaban J connectivity index is 2.55. The van der Waals surface area contributed by atoms with Crippen LogP contribution in [-0.2, 0) is 14.3 Å². The molecule has 6 heteroatoms. The molecular weight excluding hydrogens is 224 g/mol. The lowest BCUT2D eigenvalue weighted by atomic mass is 9.87. The molecule has 0 aromatic carbocycles. The number of carboxylic acids is 1. The Morgan fingerprint density at radius 2 is 2.24 bits per heavy atom. The maximum absolute atomic E-state index is 11.8. The zero-order valence-corrected chi connectivity index (χ0v) is 10.3. The summed E-state index contributed by atoms with van der Waals surface area (Å²) in [5, 5.41) is 11.7. The molecular formula is C11H20N2O4. The quantitative estimate of drug-likeness (QED) is 0.617. The first-order valence-electron chi connectivity index (χ1n) is 5.72. The molecule has 1 aliphatic heterocycles. The minimum absolute atomic E-state index is 0.0800.